The maximum atomic E-state index is 13.0. The molecule has 1 heterocycles. The van der Waals surface area contributed by atoms with Crippen LogP contribution >= 0.6 is 0 Å². The lowest BCUT2D eigenvalue weighted by Crippen LogP contribution is -2.22. The van der Waals surface area contributed by atoms with Gasteiger partial charge in [-0.25, -0.2) is 4.79 Å². The monoisotopic (exact) mass is 376 g/mol. The average molecular weight is 377 g/mol. The lowest BCUT2D eigenvalue weighted by Gasteiger charge is -2.22. The summed E-state index contributed by atoms with van der Waals surface area (Å²) in [5.41, 5.74) is 4.18. The van der Waals surface area contributed by atoms with Crippen molar-refractivity contribution in [2.75, 3.05) is 13.2 Å². The summed E-state index contributed by atoms with van der Waals surface area (Å²) in [7, 11) is 0. The fraction of sp³-hybridized carbons (Fsp3) is 0.696. The van der Waals surface area contributed by atoms with Crippen molar-refractivity contribution in [1.82, 2.24) is 0 Å². The third-order valence-corrected chi connectivity index (χ3v) is 5.08. The van der Waals surface area contributed by atoms with Crippen LogP contribution in [0.2, 0.25) is 0 Å². The molecule has 0 N–H and O–H groups in total. The molecular formula is C23H36O4. The van der Waals surface area contributed by atoms with Gasteiger partial charge in [-0.3, -0.25) is 0 Å². The van der Waals surface area contributed by atoms with Crippen LogP contribution in [-0.2, 0) is 14.2 Å². The molecule has 0 aromatic heterocycles. The van der Waals surface area contributed by atoms with Crippen molar-refractivity contribution >= 4 is 5.97 Å². The van der Waals surface area contributed by atoms with Crippen LogP contribution in [0.25, 0.3) is 0 Å². The van der Waals surface area contributed by atoms with Gasteiger partial charge < -0.3 is 14.2 Å². The van der Waals surface area contributed by atoms with E-state index in [1.54, 1.807) is 0 Å². The normalized spacial score (nSPS) is 19.3. The Morgan fingerprint density at radius 3 is 2.04 bits per heavy atom. The van der Waals surface area contributed by atoms with E-state index in [4.69, 9.17) is 14.2 Å². The van der Waals surface area contributed by atoms with E-state index in [0.717, 1.165) is 16.7 Å². The Bertz CT molecular complexity index is 629. The summed E-state index contributed by atoms with van der Waals surface area (Å²) < 4.78 is 17.0. The summed E-state index contributed by atoms with van der Waals surface area (Å²) in [6.07, 6.45) is 0.623. The molecule has 1 fully saturated rings. The van der Waals surface area contributed by atoms with Gasteiger partial charge in [0.25, 0.3) is 0 Å². The fourth-order valence-electron chi connectivity index (χ4n) is 3.45. The second-order valence-electron chi connectivity index (χ2n) is 8.91. The van der Waals surface area contributed by atoms with Crippen molar-refractivity contribution in [1.29, 1.82) is 0 Å². The smallest absolute Gasteiger partial charge is 0.338 e. The lowest BCUT2D eigenvalue weighted by atomic mass is 9.84. The van der Waals surface area contributed by atoms with Crippen molar-refractivity contribution < 1.29 is 19.0 Å². The first-order chi connectivity index (χ1) is 12.5. The Morgan fingerprint density at radius 2 is 1.63 bits per heavy atom. The van der Waals surface area contributed by atoms with Gasteiger partial charge in [0, 0.05) is 6.42 Å². The second kappa shape index (κ2) is 8.74. The van der Waals surface area contributed by atoms with E-state index in [1.165, 1.54) is 5.56 Å². The van der Waals surface area contributed by atoms with Crippen molar-refractivity contribution in [2.45, 2.75) is 91.5 Å². The van der Waals surface area contributed by atoms with Crippen LogP contribution in [0.4, 0.5) is 0 Å². The third-order valence-electron chi connectivity index (χ3n) is 5.08. The number of carbonyl (C=O) groups excluding carboxylic acids is 1. The highest BCUT2D eigenvalue weighted by atomic mass is 16.7. The molecule has 152 valence electrons. The van der Waals surface area contributed by atoms with Gasteiger partial charge >= 0.3 is 5.97 Å². The minimum Gasteiger partial charge on any atom is -0.462 e. The highest BCUT2D eigenvalue weighted by molar-refractivity contribution is 5.93. The van der Waals surface area contributed by atoms with Gasteiger partial charge in [0.05, 0.1) is 24.9 Å². The molecule has 4 heteroatoms. The minimum absolute atomic E-state index is 0.0229. The zero-order chi connectivity index (χ0) is 20.4. The van der Waals surface area contributed by atoms with Crippen molar-refractivity contribution in [2.24, 2.45) is 0 Å². The van der Waals surface area contributed by atoms with Crippen LogP contribution in [0.15, 0.2) is 12.1 Å². The molecule has 2 rings (SSSR count). The van der Waals surface area contributed by atoms with Crippen LogP contribution in [-0.4, -0.2) is 31.1 Å². The zero-order valence-electron chi connectivity index (χ0n) is 18.2. The van der Waals surface area contributed by atoms with E-state index >= 15 is 0 Å². The lowest BCUT2D eigenvalue weighted by molar-refractivity contribution is -0.139. The number of ether oxygens (including phenoxy) is 3. The van der Waals surface area contributed by atoms with Gasteiger partial charge in [-0.2, -0.15) is 0 Å². The summed E-state index contributed by atoms with van der Waals surface area (Å²) in [4.78, 5) is 13.0. The molecular weight excluding hydrogens is 340 g/mol. The molecule has 1 aromatic carbocycles. The number of hydrogen-bond donors (Lipinski definition) is 0. The molecule has 0 amide bonds. The molecule has 0 saturated carbocycles. The Hall–Kier alpha value is -1.39. The van der Waals surface area contributed by atoms with Crippen LogP contribution in [0, 0.1) is 0 Å². The van der Waals surface area contributed by atoms with Crippen LogP contribution < -0.4 is 0 Å². The maximum Gasteiger partial charge on any atom is 0.338 e. The second-order valence-corrected chi connectivity index (χ2v) is 8.91. The number of carbonyl (C=O) groups is 1. The summed E-state index contributed by atoms with van der Waals surface area (Å²) in [6.45, 7) is 17.6. The summed E-state index contributed by atoms with van der Waals surface area (Å²) in [5, 5.41) is 0. The Balaban J connectivity index is 2.18. The average Bonchev–Trinajstić information content (AvgIpc) is 2.92. The highest BCUT2D eigenvalue weighted by Crippen LogP contribution is 2.33. The SMILES string of the molecule is CC(C)c1cc(C(C)C)c(C(=O)OCC[C@@H]2COC(C)(C)O2)c(C(C)C)c1. The van der Waals surface area contributed by atoms with Gasteiger partial charge in [-0.15, -0.1) is 0 Å². The molecule has 1 saturated heterocycles. The molecule has 1 aromatic rings. The van der Waals surface area contributed by atoms with Crippen molar-refractivity contribution in [3.63, 3.8) is 0 Å². The highest BCUT2D eigenvalue weighted by Gasteiger charge is 2.32. The number of hydrogen-bond acceptors (Lipinski definition) is 4. The molecule has 0 bridgehead atoms. The summed E-state index contributed by atoms with van der Waals surface area (Å²) >= 11 is 0. The molecule has 4 nitrogen and oxygen atoms in total. The maximum absolute atomic E-state index is 13.0. The Labute approximate surface area is 164 Å². The van der Waals surface area contributed by atoms with Gasteiger partial charge in [-0.05, 0) is 48.3 Å². The van der Waals surface area contributed by atoms with Gasteiger partial charge in [0.1, 0.15) is 0 Å². The summed E-state index contributed by atoms with van der Waals surface area (Å²) in [5.74, 6) is 0.174. The molecule has 0 radical (unpaired) electrons. The van der Waals surface area contributed by atoms with Crippen molar-refractivity contribution in [3.8, 4) is 0 Å². The predicted molar refractivity (Wildman–Crippen MR) is 109 cm³/mol. The molecule has 1 atom stereocenters. The largest absolute Gasteiger partial charge is 0.462 e. The number of rotatable bonds is 7. The third kappa shape index (κ3) is 5.55. The molecule has 27 heavy (non-hydrogen) atoms. The van der Waals surface area contributed by atoms with Crippen molar-refractivity contribution in [3.05, 3.63) is 34.4 Å². The molecule has 0 unspecified atom stereocenters. The number of esters is 1. The van der Waals surface area contributed by atoms with Crippen LogP contribution in [0.1, 0.15) is 107 Å². The first-order valence-electron chi connectivity index (χ1n) is 10.2. The van der Waals surface area contributed by atoms with E-state index in [9.17, 15) is 4.79 Å². The standard InChI is InChI=1S/C23H36O4/c1-14(2)17-11-19(15(3)4)21(20(12-17)16(5)6)22(24)25-10-9-18-13-26-23(7,8)27-18/h11-12,14-16,18H,9-10,13H2,1-8H3/t18-/m1/s1. The number of benzene rings is 1. The van der Waals surface area contributed by atoms with E-state index in [1.807, 2.05) is 13.8 Å². The van der Waals surface area contributed by atoms with Crippen LogP contribution in [0.5, 0.6) is 0 Å². The molecule has 0 spiro atoms. The topological polar surface area (TPSA) is 44.8 Å². The molecule has 1 aliphatic rings. The van der Waals surface area contributed by atoms with E-state index < -0.39 is 5.79 Å². The minimum atomic E-state index is -0.545. The predicted octanol–water partition coefficient (Wildman–Crippen LogP) is 5.76. The molecule has 1 aliphatic heterocycles. The van der Waals surface area contributed by atoms with Gasteiger partial charge in [0.2, 0.25) is 0 Å². The summed E-state index contributed by atoms with van der Waals surface area (Å²) in [6, 6.07) is 4.35. The fourth-order valence-corrected chi connectivity index (χ4v) is 3.45. The van der Waals surface area contributed by atoms with E-state index in [2.05, 4.69) is 53.7 Å². The van der Waals surface area contributed by atoms with E-state index in [-0.39, 0.29) is 23.9 Å². The Morgan fingerprint density at radius 1 is 1.07 bits per heavy atom. The molecule has 0 aliphatic carbocycles. The van der Waals surface area contributed by atoms with Gasteiger partial charge in [0.15, 0.2) is 5.79 Å². The van der Waals surface area contributed by atoms with Gasteiger partial charge in [-0.1, -0.05) is 53.7 Å². The Kier molecular flexibility index (Phi) is 7.09. The first-order valence-corrected chi connectivity index (χ1v) is 10.2. The first kappa shape index (κ1) is 21.9. The quantitative estimate of drug-likeness (QED) is 0.568. The zero-order valence-corrected chi connectivity index (χ0v) is 18.2. The van der Waals surface area contributed by atoms with Crippen LogP contribution in [0.3, 0.4) is 0 Å². The van der Waals surface area contributed by atoms with E-state index in [0.29, 0.717) is 25.6 Å².